The summed E-state index contributed by atoms with van der Waals surface area (Å²) >= 11 is 5.62. The van der Waals surface area contributed by atoms with E-state index in [-0.39, 0.29) is 11.2 Å². The Morgan fingerprint density at radius 3 is 2.67 bits per heavy atom. The predicted molar refractivity (Wildman–Crippen MR) is 69.0 cm³/mol. The number of nitrogens with two attached hydrogens (primary N) is 1. The number of carbonyl (C=O) groups excluding carboxylic acids is 1. The third kappa shape index (κ3) is 3.03. The first-order valence-corrected chi connectivity index (χ1v) is 5.64. The first-order valence-electron chi connectivity index (χ1n) is 5.27. The van der Waals surface area contributed by atoms with Gasteiger partial charge >= 0.3 is 0 Å². The van der Waals surface area contributed by atoms with E-state index in [0.717, 1.165) is 5.56 Å². The molecule has 0 fully saturated rings. The summed E-state index contributed by atoms with van der Waals surface area (Å²) in [6.07, 6.45) is 1.46. The van der Waals surface area contributed by atoms with Crippen LogP contribution in [0.25, 0.3) is 0 Å². The number of anilines is 1. The van der Waals surface area contributed by atoms with Gasteiger partial charge in [0.1, 0.15) is 11.9 Å². The van der Waals surface area contributed by atoms with Crippen molar-refractivity contribution in [1.29, 1.82) is 0 Å². The molecule has 1 heterocycles. The van der Waals surface area contributed by atoms with Crippen LogP contribution in [0.3, 0.4) is 0 Å². The standard InChI is InChI=1S/C12H11ClN4O/c13-12-15-7-6-9(17-12)16-11(18)10(14)8-4-2-1-3-5-8/h1-7,10H,14H2,(H,15,16,17,18)/t10-/m0/s1. The Morgan fingerprint density at radius 2 is 2.00 bits per heavy atom. The van der Waals surface area contributed by atoms with Crippen LogP contribution < -0.4 is 11.1 Å². The van der Waals surface area contributed by atoms with Crippen molar-refractivity contribution in [3.8, 4) is 0 Å². The lowest BCUT2D eigenvalue weighted by molar-refractivity contribution is -0.117. The number of hydrogen-bond acceptors (Lipinski definition) is 4. The predicted octanol–water partition coefficient (Wildman–Crippen LogP) is 1.77. The highest BCUT2D eigenvalue weighted by molar-refractivity contribution is 6.28. The third-order valence-electron chi connectivity index (χ3n) is 2.32. The Hall–Kier alpha value is -1.98. The first kappa shape index (κ1) is 12.5. The van der Waals surface area contributed by atoms with Crippen LogP contribution in [0, 0.1) is 0 Å². The van der Waals surface area contributed by atoms with E-state index in [2.05, 4.69) is 15.3 Å². The second-order valence-electron chi connectivity index (χ2n) is 3.59. The fourth-order valence-electron chi connectivity index (χ4n) is 1.42. The van der Waals surface area contributed by atoms with Crippen LogP contribution in [0.2, 0.25) is 5.28 Å². The van der Waals surface area contributed by atoms with Crippen molar-refractivity contribution in [1.82, 2.24) is 9.97 Å². The fraction of sp³-hybridized carbons (Fsp3) is 0.0833. The molecule has 5 nitrogen and oxygen atoms in total. The number of carbonyl (C=O) groups is 1. The summed E-state index contributed by atoms with van der Waals surface area (Å²) in [6, 6.07) is 9.88. The second kappa shape index (κ2) is 5.57. The van der Waals surface area contributed by atoms with Crippen molar-refractivity contribution in [3.63, 3.8) is 0 Å². The quantitative estimate of drug-likeness (QED) is 0.826. The van der Waals surface area contributed by atoms with Crippen LogP contribution in [0.1, 0.15) is 11.6 Å². The second-order valence-corrected chi connectivity index (χ2v) is 3.93. The Kier molecular flexibility index (Phi) is 3.86. The summed E-state index contributed by atoms with van der Waals surface area (Å²) in [5, 5.41) is 2.65. The van der Waals surface area contributed by atoms with Crippen molar-refractivity contribution in [2.45, 2.75) is 6.04 Å². The third-order valence-corrected chi connectivity index (χ3v) is 2.50. The van der Waals surface area contributed by atoms with E-state index in [9.17, 15) is 4.79 Å². The Bertz CT molecular complexity index is 547. The SMILES string of the molecule is N[C@H](C(=O)Nc1ccnc(Cl)n1)c1ccccc1. The molecule has 0 unspecified atom stereocenters. The molecule has 6 heteroatoms. The van der Waals surface area contributed by atoms with E-state index < -0.39 is 6.04 Å². The maximum absolute atomic E-state index is 11.9. The van der Waals surface area contributed by atoms with E-state index in [1.807, 2.05) is 18.2 Å². The zero-order valence-corrected chi connectivity index (χ0v) is 10.1. The number of amides is 1. The average Bonchev–Trinajstić information content (AvgIpc) is 2.39. The lowest BCUT2D eigenvalue weighted by Gasteiger charge is -2.11. The van der Waals surface area contributed by atoms with Crippen molar-refractivity contribution < 1.29 is 4.79 Å². The van der Waals surface area contributed by atoms with E-state index in [4.69, 9.17) is 17.3 Å². The molecule has 1 amide bonds. The molecular weight excluding hydrogens is 252 g/mol. The van der Waals surface area contributed by atoms with Gasteiger partial charge in [-0.2, -0.15) is 0 Å². The Labute approximate surface area is 109 Å². The van der Waals surface area contributed by atoms with Crippen molar-refractivity contribution in [3.05, 3.63) is 53.4 Å². The van der Waals surface area contributed by atoms with Crippen molar-refractivity contribution in [2.75, 3.05) is 5.32 Å². The maximum Gasteiger partial charge on any atom is 0.247 e. The minimum Gasteiger partial charge on any atom is -0.316 e. The van der Waals surface area contributed by atoms with E-state index in [1.165, 1.54) is 6.20 Å². The lowest BCUT2D eigenvalue weighted by Crippen LogP contribution is -2.28. The van der Waals surface area contributed by atoms with Gasteiger partial charge in [0.2, 0.25) is 11.2 Å². The zero-order valence-electron chi connectivity index (χ0n) is 9.38. The summed E-state index contributed by atoms with van der Waals surface area (Å²) in [4.78, 5) is 19.5. The summed E-state index contributed by atoms with van der Waals surface area (Å²) in [5.74, 6) is -0.0256. The highest BCUT2D eigenvalue weighted by Gasteiger charge is 2.15. The molecule has 18 heavy (non-hydrogen) atoms. The van der Waals surface area contributed by atoms with Gasteiger partial charge in [0, 0.05) is 6.20 Å². The van der Waals surface area contributed by atoms with Crippen LogP contribution in [0.4, 0.5) is 5.82 Å². The van der Waals surface area contributed by atoms with Crippen LogP contribution in [0.5, 0.6) is 0 Å². The van der Waals surface area contributed by atoms with Gasteiger partial charge in [-0.05, 0) is 23.2 Å². The average molecular weight is 263 g/mol. The van der Waals surface area contributed by atoms with Crippen molar-refractivity contribution >= 4 is 23.3 Å². The largest absolute Gasteiger partial charge is 0.316 e. The van der Waals surface area contributed by atoms with Gasteiger partial charge < -0.3 is 11.1 Å². The molecule has 1 aromatic carbocycles. The van der Waals surface area contributed by atoms with Gasteiger partial charge in [0.25, 0.3) is 0 Å². The molecule has 0 aliphatic carbocycles. The first-order chi connectivity index (χ1) is 8.66. The number of hydrogen-bond donors (Lipinski definition) is 2. The molecule has 0 aliphatic heterocycles. The van der Waals surface area contributed by atoms with E-state index >= 15 is 0 Å². The van der Waals surface area contributed by atoms with E-state index in [0.29, 0.717) is 5.82 Å². The molecule has 0 bridgehead atoms. The van der Waals surface area contributed by atoms with Gasteiger partial charge in [-0.25, -0.2) is 9.97 Å². The van der Waals surface area contributed by atoms with Crippen LogP contribution in [-0.2, 0) is 4.79 Å². The van der Waals surface area contributed by atoms with Crippen LogP contribution in [0.15, 0.2) is 42.6 Å². The molecule has 92 valence electrons. The fourth-order valence-corrected chi connectivity index (χ4v) is 1.57. The minimum atomic E-state index is -0.750. The molecule has 0 aliphatic rings. The number of rotatable bonds is 3. The number of nitrogens with one attached hydrogen (secondary N) is 1. The van der Waals surface area contributed by atoms with Gasteiger partial charge in [-0.1, -0.05) is 30.3 Å². The zero-order chi connectivity index (χ0) is 13.0. The maximum atomic E-state index is 11.9. The molecule has 1 aromatic heterocycles. The van der Waals surface area contributed by atoms with E-state index in [1.54, 1.807) is 18.2 Å². The molecule has 0 radical (unpaired) electrons. The molecule has 2 rings (SSSR count). The van der Waals surface area contributed by atoms with Gasteiger partial charge in [0.05, 0.1) is 0 Å². The smallest absolute Gasteiger partial charge is 0.247 e. The van der Waals surface area contributed by atoms with Crippen LogP contribution in [-0.4, -0.2) is 15.9 Å². The molecule has 0 saturated carbocycles. The van der Waals surface area contributed by atoms with Gasteiger partial charge in [0.15, 0.2) is 0 Å². The summed E-state index contributed by atoms with van der Waals surface area (Å²) < 4.78 is 0. The minimum absolute atomic E-state index is 0.0704. The Morgan fingerprint density at radius 1 is 1.28 bits per heavy atom. The summed E-state index contributed by atoms with van der Waals surface area (Å²) in [7, 11) is 0. The highest BCUT2D eigenvalue weighted by atomic mass is 35.5. The number of nitrogens with zero attached hydrogens (tertiary/aromatic N) is 2. The van der Waals surface area contributed by atoms with Gasteiger partial charge in [-0.3, -0.25) is 4.79 Å². The van der Waals surface area contributed by atoms with Crippen molar-refractivity contribution in [2.24, 2.45) is 5.73 Å². The lowest BCUT2D eigenvalue weighted by atomic mass is 10.1. The molecule has 2 aromatic rings. The molecule has 1 atom stereocenters. The number of halogens is 1. The highest BCUT2D eigenvalue weighted by Crippen LogP contribution is 2.12. The molecule has 0 saturated heterocycles. The van der Waals surface area contributed by atoms with Gasteiger partial charge in [-0.15, -0.1) is 0 Å². The molecular formula is C12H11ClN4O. The molecule has 3 N–H and O–H groups in total. The Balaban J connectivity index is 2.09. The van der Waals surface area contributed by atoms with Crippen LogP contribution >= 0.6 is 11.6 Å². The summed E-state index contributed by atoms with van der Waals surface area (Å²) in [5.41, 5.74) is 6.57. The monoisotopic (exact) mass is 262 g/mol. The molecule has 0 spiro atoms. The number of aromatic nitrogens is 2. The summed E-state index contributed by atoms with van der Waals surface area (Å²) in [6.45, 7) is 0. The normalized spacial score (nSPS) is 11.9. The number of benzene rings is 1. The topological polar surface area (TPSA) is 80.9 Å².